The van der Waals surface area contributed by atoms with Gasteiger partial charge >= 0.3 is 0 Å². The molecule has 1 aromatic carbocycles. The van der Waals surface area contributed by atoms with Gasteiger partial charge in [-0.15, -0.1) is 12.4 Å². The highest BCUT2D eigenvalue weighted by molar-refractivity contribution is 5.85. The van der Waals surface area contributed by atoms with E-state index in [0.717, 1.165) is 12.1 Å². The van der Waals surface area contributed by atoms with E-state index in [0.29, 0.717) is 18.7 Å². The first-order chi connectivity index (χ1) is 11.7. The summed E-state index contributed by atoms with van der Waals surface area (Å²) in [5.74, 6) is -0.288. The Morgan fingerprint density at radius 2 is 2.28 bits per heavy atom. The molecule has 25 heavy (non-hydrogen) atoms. The van der Waals surface area contributed by atoms with Gasteiger partial charge in [-0.1, -0.05) is 12.1 Å². The number of hydrogen-bond acceptors (Lipinski definition) is 4. The lowest BCUT2D eigenvalue weighted by atomic mass is 10.0. The van der Waals surface area contributed by atoms with Gasteiger partial charge in [0.15, 0.2) is 11.6 Å². The Morgan fingerprint density at radius 1 is 1.44 bits per heavy atom. The van der Waals surface area contributed by atoms with E-state index in [1.54, 1.807) is 24.5 Å². The monoisotopic (exact) mass is 365 g/mol. The second-order valence-electron chi connectivity index (χ2n) is 5.74. The third-order valence-corrected chi connectivity index (χ3v) is 4.20. The van der Waals surface area contributed by atoms with Gasteiger partial charge in [-0.2, -0.15) is 0 Å². The number of halogens is 2. The fraction of sp³-hybridized carbons (Fsp3) is 0.333. The van der Waals surface area contributed by atoms with E-state index in [-0.39, 0.29) is 36.5 Å². The van der Waals surface area contributed by atoms with Gasteiger partial charge in [0.05, 0.1) is 19.6 Å². The van der Waals surface area contributed by atoms with Gasteiger partial charge < -0.3 is 15.0 Å². The maximum absolute atomic E-state index is 13.8. The van der Waals surface area contributed by atoms with Gasteiger partial charge in [-0.3, -0.25) is 9.78 Å². The van der Waals surface area contributed by atoms with Crippen molar-refractivity contribution in [1.82, 2.24) is 15.2 Å². The normalized spacial score (nSPS) is 16.9. The number of piperazine rings is 1. The summed E-state index contributed by atoms with van der Waals surface area (Å²) in [4.78, 5) is 18.7. The Morgan fingerprint density at radius 3 is 2.96 bits per heavy atom. The van der Waals surface area contributed by atoms with Crippen LogP contribution in [0.15, 0.2) is 42.7 Å². The summed E-state index contributed by atoms with van der Waals surface area (Å²) < 4.78 is 18.7. The van der Waals surface area contributed by atoms with Crippen molar-refractivity contribution in [2.24, 2.45) is 0 Å². The Balaban J connectivity index is 0.00000225. The third kappa shape index (κ3) is 4.46. The van der Waals surface area contributed by atoms with Gasteiger partial charge in [-0.25, -0.2) is 4.39 Å². The van der Waals surface area contributed by atoms with Crippen molar-refractivity contribution in [3.63, 3.8) is 0 Å². The summed E-state index contributed by atoms with van der Waals surface area (Å²) in [5.41, 5.74) is 1.64. The van der Waals surface area contributed by atoms with Crippen LogP contribution in [0.3, 0.4) is 0 Å². The van der Waals surface area contributed by atoms with Gasteiger partial charge in [0.2, 0.25) is 5.91 Å². The van der Waals surface area contributed by atoms with Crippen LogP contribution in [0.4, 0.5) is 4.39 Å². The fourth-order valence-electron chi connectivity index (χ4n) is 2.97. The maximum atomic E-state index is 13.8. The molecule has 0 bridgehead atoms. The summed E-state index contributed by atoms with van der Waals surface area (Å²) in [6.07, 6.45) is 3.66. The van der Waals surface area contributed by atoms with Crippen molar-refractivity contribution >= 4 is 18.3 Å². The van der Waals surface area contributed by atoms with E-state index < -0.39 is 5.82 Å². The molecule has 0 aliphatic carbocycles. The molecular formula is C18H21ClFN3O2. The number of ether oxygens (including phenoxy) is 1. The molecule has 1 unspecified atom stereocenters. The quantitative estimate of drug-likeness (QED) is 0.903. The molecule has 1 atom stereocenters. The molecule has 0 saturated carbocycles. The van der Waals surface area contributed by atoms with Crippen molar-refractivity contribution in [1.29, 1.82) is 0 Å². The number of nitrogens with zero attached hydrogens (tertiary/aromatic N) is 2. The molecule has 2 heterocycles. The number of aromatic nitrogens is 1. The van der Waals surface area contributed by atoms with Crippen molar-refractivity contribution in [2.75, 3.05) is 26.7 Å². The lowest BCUT2D eigenvalue weighted by Crippen LogP contribution is -2.49. The van der Waals surface area contributed by atoms with E-state index in [2.05, 4.69) is 10.3 Å². The Kier molecular flexibility index (Phi) is 6.73. The molecule has 1 N–H and O–H groups in total. The zero-order chi connectivity index (χ0) is 16.9. The highest BCUT2D eigenvalue weighted by atomic mass is 35.5. The Hall–Kier alpha value is -2.18. The largest absolute Gasteiger partial charge is 0.494 e. The predicted molar refractivity (Wildman–Crippen MR) is 95.5 cm³/mol. The Bertz CT molecular complexity index is 715. The summed E-state index contributed by atoms with van der Waals surface area (Å²) >= 11 is 0. The van der Waals surface area contributed by atoms with Crippen LogP contribution in [0.2, 0.25) is 0 Å². The van der Waals surface area contributed by atoms with Gasteiger partial charge in [0.1, 0.15) is 0 Å². The summed E-state index contributed by atoms with van der Waals surface area (Å²) in [7, 11) is 1.42. The van der Waals surface area contributed by atoms with Crippen LogP contribution >= 0.6 is 12.4 Å². The van der Waals surface area contributed by atoms with Gasteiger partial charge in [-0.05, 0) is 29.3 Å². The first-order valence-corrected chi connectivity index (χ1v) is 7.91. The van der Waals surface area contributed by atoms with Crippen LogP contribution in [0.1, 0.15) is 17.2 Å². The van der Waals surface area contributed by atoms with Crippen LogP contribution in [0, 0.1) is 5.82 Å². The fourth-order valence-corrected chi connectivity index (χ4v) is 2.97. The first-order valence-electron chi connectivity index (χ1n) is 7.91. The lowest BCUT2D eigenvalue weighted by molar-refractivity contribution is -0.133. The van der Waals surface area contributed by atoms with Gasteiger partial charge in [0, 0.05) is 32.0 Å². The molecule has 2 aromatic rings. The number of nitrogens with one attached hydrogen (secondary N) is 1. The number of carbonyl (C=O) groups is 1. The topological polar surface area (TPSA) is 54.5 Å². The minimum absolute atomic E-state index is 0. The smallest absolute Gasteiger partial charge is 0.227 e. The lowest BCUT2D eigenvalue weighted by Gasteiger charge is -2.36. The SMILES string of the molecule is COc1ccc(CC(=O)N2CCNCC2c2cccnc2)cc1F.Cl. The van der Waals surface area contributed by atoms with E-state index in [9.17, 15) is 9.18 Å². The van der Waals surface area contributed by atoms with Crippen LogP contribution < -0.4 is 10.1 Å². The molecule has 134 valence electrons. The van der Waals surface area contributed by atoms with E-state index in [1.165, 1.54) is 13.2 Å². The number of carbonyl (C=O) groups excluding carboxylic acids is 1. The van der Waals surface area contributed by atoms with Crippen molar-refractivity contribution < 1.29 is 13.9 Å². The number of rotatable bonds is 4. The van der Waals surface area contributed by atoms with Crippen LogP contribution in [0.5, 0.6) is 5.75 Å². The minimum atomic E-state index is -0.452. The molecule has 1 amide bonds. The van der Waals surface area contributed by atoms with Crippen molar-refractivity contribution in [3.8, 4) is 5.75 Å². The van der Waals surface area contributed by atoms with Gasteiger partial charge in [0.25, 0.3) is 0 Å². The number of amides is 1. The number of benzene rings is 1. The molecule has 1 fully saturated rings. The predicted octanol–water partition coefficient (Wildman–Crippen LogP) is 2.37. The summed E-state index contributed by atoms with van der Waals surface area (Å²) in [5, 5.41) is 3.31. The van der Waals surface area contributed by atoms with Crippen LogP contribution in [-0.4, -0.2) is 42.5 Å². The molecule has 1 aromatic heterocycles. The number of hydrogen-bond donors (Lipinski definition) is 1. The molecule has 1 aliphatic heterocycles. The molecule has 1 saturated heterocycles. The Labute approximate surface area is 152 Å². The van der Waals surface area contributed by atoms with E-state index >= 15 is 0 Å². The molecule has 0 radical (unpaired) electrons. The van der Waals surface area contributed by atoms with Crippen molar-refractivity contribution in [2.45, 2.75) is 12.5 Å². The molecule has 0 spiro atoms. The van der Waals surface area contributed by atoms with Crippen molar-refractivity contribution in [3.05, 3.63) is 59.7 Å². The number of pyridine rings is 1. The third-order valence-electron chi connectivity index (χ3n) is 4.20. The average molecular weight is 366 g/mol. The number of methoxy groups -OCH3 is 1. The highest BCUT2D eigenvalue weighted by Crippen LogP contribution is 2.23. The molecule has 1 aliphatic rings. The van der Waals surface area contributed by atoms with Crippen LogP contribution in [0.25, 0.3) is 0 Å². The average Bonchev–Trinajstić information content (AvgIpc) is 2.62. The summed E-state index contributed by atoms with van der Waals surface area (Å²) in [6.45, 7) is 2.06. The first kappa shape index (κ1) is 19.1. The standard InChI is InChI=1S/C18H20FN3O2.ClH/c1-24-17-5-4-13(9-15(17)19)10-18(23)22-8-7-21-12-16(22)14-3-2-6-20-11-14;/h2-6,9,11,16,21H,7-8,10,12H2,1H3;1H. The van der Waals surface area contributed by atoms with E-state index in [4.69, 9.17) is 4.74 Å². The molecule has 3 rings (SSSR count). The van der Waals surface area contributed by atoms with E-state index in [1.807, 2.05) is 17.0 Å². The zero-order valence-corrected chi connectivity index (χ0v) is 14.8. The minimum Gasteiger partial charge on any atom is -0.494 e. The molecule has 7 heteroatoms. The molecule has 5 nitrogen and oxygen atoms in total. The molecular weight excluding hydrogens is 345 g/mol. The zero-order valence-electron chi connectivity index (χ0n) is 13.9. The highest BCUT2D eigenvalue weighted by Gasteiger charge is 2.28. The second kappa shape index (κ2) is 8.78. The summed E-state index contributed by atoms with van der Waals surface area (Å²) in [6, 6.07) is 8.42. The maximum Gasteiger partial charge on any atom is 0.227 e. The van der Waals surface area contributed by atoms with Crippen LogP contribution in [-0.2, 0) is 11.2 Å². The second-order valence-corrected chi connectivity index (χ2v) is 5.74.